The summed E-state index contributed by atoms with van der Waals surface area (Å²) in [6.45, 7) is 2.99. The third kappa shape index (κ3) is 3.55. The molecule has 1 aliphatic rings. The number of aliphatic carboxylic acids is 1. The van der Waals surface area contributed by atoms with E-state index >= 15 is 0 Å². The predicted octanol–water partition coefficient (Wildman–Crippen LogP) is 1.49. The van der Waals surface area contributed by atoms with Crippen molar-refractivity contribution in [2.24, 2.45) is 11.7 Å². The molecule has 0 aliphatic carbocycles. The van der Waals surface area contributed by atoms with Gasteiger partial charge in [0.15, 0.2) is 0 Å². The first-order valence-corrected chi connectivity index (χ1v) is 7.57. The minimum Gasteiger partial charge on any atom is -0.481 e. The van der Waals surface area contributed by atoms with E-state index in [0.29, 0.717) is 18.8 Å². The van der Waals surface area contributed by atoms with Gasteiger partial charge in [0.25, 0.3) is 5.91 Å². The molecular weight excluding hydrogens is 278 g/mol. The Morgan fingerprint density at radius 3 is 3.00 bits per heavy atom. The maximum atomic E-state index is 12.3. The Bertz CT molecular complexity index is 501. The van der Waals surface area contributed by atoms with E-state index in [1.54, 1.807) is 10.3 Å². The lowest BCUT2D eigenvalue weighted by molar-refractivity contribution is -0.138. The third-order valence-electron chi connectivity index (χ3n) is 3.40. The summed E-state index contributed by atoms with van der Waals surface area (Å²) < 4.78 is 0. The normalized spacial score (nSPS) is 20.7. The molecule has 1 aromatic heterocycles. The van der Waals surface area contributed by atoms with E-state index in [4.69, 9.17) is 10.8 Å². The molecule has 3 N–H and O–H groups in total. The fourth-order valence-electron chi connectivity index (χ4n) is 2.42. The summed E-state index contributed by atoms with van der Waals surface area (Å²) >= 11 is 1.38. The zero-order valence-electron chi connectivity index (χ0n) is 11.4. The molecule has 1 aliphatic heterocycles. The summed E-state index contributed by atoms with van der Waals surface area (Å²) in [5, 5.41) is 11.3. The number of nitrogens with zero attached hydrogens (tertiary/aromatic N) is 2. The standard InChI is InChI=1S/C13H19N3O3S/c1-8(14)12-15-10(7-20-12)13(19)16-4-2-3-9(6-16)5-11(17)18/h7-9H,2-6,14H2,1H3,(H,17,18). The van der Waals surface area contributed by atoms with Crippen LogP contribution in [-0.2, 0) is 4.79 Å². The summed E-state index contributed by atoms with van der Waals surface area (Å²) in [7, 11) is 0. The Kier molecular flexibility index (Phi) is 4.72. The van der Waals surface area contributed by atoms with Gasteiger partial charge in [-0.25, -0.2) is 4.98 Å². The van der Waals surface area contributed by atoms with Crippen LogP contribution in [0.4, 0.5) is 0 Å². The van der Waals surface area contributed by atoms with Crippen LogP contribution in [0.5, 0.6) is 0 Å². The lowest BCUT2D eigenvalue weighted by Gasteiger charge is -2.31. The Hall–Kier alpha value is -1.47. The number of piperidine rings is 1. The number of aromatic nitrogens is 1. The summed E-state index contributed by atoms with van der Waals surface area (Å²) in [6, 6.07) is -0.178. The van der Waals surface area contributed by atoms with Crippen molar-refractivity contribution in [3.8, 4) is 0 Å². The van der Waals surface area contributed by atoms with Gasteiger partial charge < -0.3 is 15.7 Å². The van der Waals surface area contributed by atoms with Crippen molar-refractivity contribution in [3.05, 3.63) is 16.1 Å². The average Bonchev–Trinajstić information content (AvgIpc) is 2.87. The van der Waals surface area contributed by atoms with Crippen molar-refractivity contribution < 1.29 is 14.7 Å². The maximum Gasteiger partial charge on any atom is 0.303 e. The van der Waals surface area contributed by atoms with Crippen LogP contribution in [0.1, 0.15) is 47.7 Å². The van der Waals surface area contributed by atoms with Crippen LogP contribution in [0, 0.1) is 5.92 Å². The molecule has 110 valence electrons. The summed E-state index contributed by atoms with van der Waals surface area (Å²) in [5.41, 5.74) is 6.16. The van der Waals surface area contributed by atoms with Gasteiger partial charge in [-0.3, -0.25) is 9.59 Å². The van der Waals surface area contributed by atoms with Crippen LogP contribution in [0.3, 0.4) is 0 Å². The molecular formula is C13H19N3O3S. The molecule has 1 aromatic rings. The van der Waals surface area contributed by atoms with E-state index in [0.717, 1.165) is 17.8 Å². The van der Waals surface area contributed by atoms with Crippen molar-refractivity contribution >= 4 is 23.2 Å². The number of carbonyl (C=O) groups excluding carboxylic acids is 1. The quantitative estimate of drug-likeness (QED) is 0.877. The van der Waals surface area contributed by atoms with E-state index in [2.05, 4.69) is 4.98 Å². The Morgan fingerprint density at radius 2 is 2.40 bits per heavy atom. The van der Waals surface area contributed by atoms with Crippen molar-refractivity contribution in [2.45, 2.75) is 32.2 Å². The summed E-state index contributed by atoms with van der Waals surface area (Å²) in [4.78, 5) is 29.1. The van der Waals surface area contributed by atoms with E-state index in [1.807, 2.05) is 6.92 Å². The molecule has 20 heavy (non-hydrogen) atoms. The van der Waals surface area contributed by atoms with Gasteiger partial charge in [-0.1, -0.05) is 0 Å². The number of nitrogens with two attached hydrogens (primary N) is 1. The number of carboxylic acid groups (broad SMARTS) is 1. The van der Waals surface area contributed by atoms with Crippen LogP contribution < -0.4 is 5.73 Å². The highest BCUT2D eigenvalue weighted by atomic mass is 32.1. The molecule has 2 atom stereocenters. The van der Waals surface area contributed by atoms with Crippen LogP contribution in [0.15, 0.2) is 5.38 Å². The highest BCUT2D eigenvalue weighted by molar-refractivity contribution is 7.09. The molecule has 0 bridgehead atoms. The Morgan fingerprint density at radius 1 is 1.65 bits per heavy atom. The van der Waals surface area contributed by atoms with Crippen molar-refractivity contribution in [1.82, 2.24) is 9.88 Å². The molecule has 6 nitrogen and oxygen atoms in total. The molecule has 1 saturated heterocycles. The molecule has 0 saturated carbocycles. The van der Waals surface area contributed by atoms with Gasteiger partial charge in [-0.05, 0) is 25.7 Å². The second-order valence-corrected chi connectivity index (χ2v) is 6.11. The average molecular weight is 297 g/mol. The summed E-state index contributed by atoms with van der Waals surface area (Å²) in [5.74, 6) is -0.892. The summed E-state index contributed by atoms with van der Waals surface area (Å²) in [6.07, 6.45) is 1.82. The first kappa shape index (κ1) is 14.9. The van der Waals surface area contributed by atoms with Gasteiger partial charge in [0.1, 0.15) is 10.7 Å². The van der Waals surface area contributed by atoms with E-state index in [1.165, 1.54) is 11.3 Å². The van der Waals surface area contributed by atoms with Crippen LogP contribution >= 0.6 is 11.3 Å². The van der Waals surface area contributed by atoms with Gasteiger partial charge in [0.2, 0.25) is 0 Å². The lowest BCUT2D eigenvalue weighted by atomic mass is 9.95. The SMILES string of the molecule is CC(N)c1nc(C(=O)N2CCCC(CC(=O)O)C2)cs1. The molecule has 2 rings (SSSR count). The van der Waals surface area contributed by atoms with Crippen LogP contribution in [0.2, 0.25) is 0 Å². The van der Waals surface area contributed by atoms with Crippen molar-refractivity contribution in [3.63, 3.8) is 0 Å². The van der Waals surface area contributed by atoms with Gasteiger partial charge in [0.05, 0.1) is 6.04 Å². The minimum atomic E-state index is -0.808. The smallest absolute Gasteiger partial charge is 0.303 e. The molecule has 0 aromatic carbocycles. The first-order chi connectivity index (χ1) is 9.47. The molecule has 1 amide bonds. The number of rotatable bonds is 4. The Labute approximate surface area is 121 Å². The van der Waals surface area contributed by atoms with Crippen molar-refractivity contribution in [2.75, 3.05) is 13.1 Å². The molecule has 0 radical (unpaired) electrons. The number of likely N-dealkylation sites (tertiary alicyclic amines) is 1. The number of carbonyl (C=O) groups is 2. The number of hydrogen-bond donors (Lipinski definition) is 2. The number of carboxylic acids is 1. The Balaban J connectivity index is 2.02. The van der Waals surface area contributed by atoms with Gasteiger partial charge in [0, 0.05) is 24.9 Å². The molecule has 7 heteroatoms. The van der Waals surface area contributed by atoms with Crippen molar-refractivity contribution in [1.29, 1.82) is 0 Å². The lowest BCUT2D eigenvalue weighted by Crippen LogP contribution is -2.40. The third-order valence-corrected chi connectivity index (χ3v) is 4.45. The first-order valence-electron chi connectivity index (χ1n) is 6.69. The minimum absolute atomic E-state index is 0.0386. The topological polar surface area (TPSA) is 96.5 Å². The monoisotopic (exact) mass is 297 g/mol. The molecule has 0 spiro atoms. The number of amides is 1. The van der Waals surface area contributed by atoms with E-state index < -0.39 is 5.97 Å². The fraction of sp³-hybridized carbons (Fsp3) is 0.615. The second kappa shape index (κ2) is 6.32. The van der Waals surface area contributed by atoms with Crippen LogP contribution in [0.25, 0.3) is 0 Å². The molecule has 2 heterocycles. The number of thiazole rings is 1. The van der Waals surface area contributed by atoms with Crippen LogP contribution in [-0.4, -0.2) is 40.0 Å². The highest BCUT2D eigenvalue weighted by Gasteiger charge is 2.27. The van der Waals surface area contributed by atoms with E-state index in [9.17, 15) is 9.59 Å². The largest absolute Gasteiger partial charge is 0.481 e. The molecule has 2 unspecified atom stereocenters. The maximum absolute atomic E-state index is 12.3. The van der Waals surface area contributed by atoms with Gasteiger partial charge in [-0.2, -0.15) is 0 Å². The van der Waals surface area contributed by atoms with E-state index in [-0.39, 0.29) is 24.3 Å². The van der Waals surface area contributed by atoms with Gasteiger partial charge >= 0.3 is 5.97 Å². The second-order valence-electron chi connectivity index (χ2n) is 5.22. The zero-order chi connectivity index (χ0) is 14.7. The predicted molar refractivity (Wildman–Crippen MR) is 75.6 cm³/mol. The zero-order valence-corrected chi connectivity index (χ0v) is 12.2. The molecule has 1 fully saturated rings. The fourth-order valence-corrected chi connectivity index (χ4v) is 3.17. The number of hydrogen-bond acceptors (Lipinski definition) is 5. The van der Waals surface area contributed by atoms with Gasteiger partial charge in [-0.15, -0.1) is 11.3 Å². The highest BCUT2D eigenvalue weighted by Crippen LogP contribution is 2.23.